The van der Waals surface area contributed by atoms with Gasteiger partial charge in [0.25, 0.3) is 5.56 Å². The molecule has 0 spiro atoms. The summed E-state index contributed by atoms with van der Waals surface area (Å²) in [7, 11) is 0. The molecule has 0 saturated carbocycles. The van der Waals surface area contributed by atoms with Gasteiger partial charge in [-0.25, -0.2) is 15.0 Å². The van der Waals surface area contributed by atoms with Crippen molar-refractivity contribution in [3.8, 4) is 10.7 Å². The Hall–Kier alpha value is -2.84. The number of hydrogen-bond acceptors (Lipinski definition) is 6. The minimum atomic E-state index is -0.0374. The van der Waals surface area contributed by atoms with E-state index in [2.05, 4.69) is 19.9 Å². The van der Waals surface area contributed by atoms with Crippen LogP contribution in [0.5, 0.6) is 0 Å². The number of H-pyrrole nitrogens is 1. The fourth-order valence-electron chi connectivity index (χ4n) is 3.59. The first-order valence-electron chi connectivity index (χ1n) is 8.86. The Morgan fingerprint density at radius 3 is 3.07 bits per heavy atom. The van der Waals surface area contributed by atoms with Gasteiger partial charge in [0.2, 0.25) is 5.78 Å². The van der Waals surface area contributed by atoms with Crippen LogP contribution in [0, 0.1) is 6.92 Å². The molecule has 136 valence electrons. The summed E-state index contributed by atoms with van der Waals surface area (Å²) in [5.41, 5.74) is 3.73. The third kappa shape index (κ3) is 2.87. The minimum absolute atomic E-state index is 0.0374. The Labute approximate surface area is 159 Å². The third-order valence-electron chi connectivity index (χ3n) is 4.98. The summed E-state index contributed by atoms with van der Waals surface area (Å²) in [6.07, 6.45) is 4.50. The van der Waals surface area contributed by atoms with Crippen molar-refractivity contribution in [3.63, 3.8) is 0 Å². The van der Waals surface area contributed by atoms with E-state index >= 15 is 0 Å². The lowest BCUT2D eigenvalue weighted by molar-refractivity contribution is 0.238. The summed E-state index contributed by atoms with van der Waals surface area (Å²) < 4.78 is 2.02. The third-order valence-corrected chi connectivity index (χ3v) is 5.86. The maximum absolute atomic E-state index is 12.7. The summed E-state index contributed by atoms with van der Waals surface area (Å²) in [6.45, 7) is 4.18. The number of imidazole rings is 1. The van der Waals surface area contributed by atoms with Gasteiger partial charge in [0.1, 0.15) is 0 Å². The average molecular weight is 378 g/mol. The summed E-state index contributed by atoms with van der Waals surface area (Å²) in [5.74, 6) is 1.38. The van der Waals surface area contributed by atoms with Gasteiger partial charge in [0.05, 0.1) is 27.5 Å². The maximum Gasteiger partial charge on any atom is 0.255 e. The molecule has 5 heterocycles. The van der Waals surface area contributed by atoms with Crippen molar-refractivity contribution in [2.45, 2.75) is 26.4 Å². The zero-order valence-corrected chi connectivity index (χ0v) is 15.7. The second kappa shape index (κ2) is 6.40. The molecule has 0 unspecified atom stereocenters. The van der Waals surface area contributed by atoms with E-state index in [1.54, 1.807) is 17.5 Å². The molecule has 0 fully saturated rings. The van der Waals surface area contributed by atoms with Gasteiger partial charge in [-0.1, -0.05) is 6.07 Å². The van der Waals surface area contributed by atoms with Gasteiger partial charge in [-0.2, -0.15) is 0 Å². The minimum Gasteiger partial charge on any atom is -0.306 e. The van der Waals surface area contributed by atoms with Gasteiger partial charge in [-0.15, -0.1) is 11.3 Å². The Bertz CT molecular complexity index is 1180. The van der Waals surface area contributed by atoms with Gasteiger partial charge in [0.15, 0.2) is 5.82 Å². The first-order valence-corrected chi connectivity index (χ1v) is 9.74. The monoisotopic (exact) mass is 378 g/mol. The molecule has 1 N–H and O–H groups in total. The highest BCUT2D eigenvalue weighted by atomic mass is 32.1. The Balaban J connectivity index is 1.44. The molecule has 8 heteroatoms. The maximum atomic E-state index is 12.7. The number of aromatic amines is 1. The largest absolute Gasteiger partial charge is 0.306 e. The van der Waals surface area contributed by atoms with Crippen molar-refractivity contribution in [2.75, 3.05) is 6.54 Å². The lowest BCUT2D eigenvalue weighted by Gasteiger charge is -2.27. The van der Waals surface area contributed by atoms with Crippen LogP contribution < -0.4 is 5.56 Å². The van der Waals surface area contributed by atoms with Crippen LogP contribution in [0.4, 0.5) is 0 Å². The normalized spacial score (nSPS) is 14.6. The summed E-state index contributed by atoms with van der Waals surface area (Å²) in [5, 5.41) is 1.99. The summed E-state index contributed by atoms with van der Waals surface area (Å²) >= 11 is 1.58. The van der Waals surface area contributed by atoms with Crippen molar-refractivity contribution < 1.29 is 0 Å². The second-order valence-corrected chi connectivity index (χ2v) is 7.66. The van der Waals surface area contributed by atoms with E-state index in [4.69, 9.17) is 4.98 Å². The molecule has 0 aromatic carbocycles. The molecule has 1 aliphatic rings. The Morgan fingerprint density at radius 2 is 2.22 bits per heavy atom. The van der Waals surface area contributed by atoms with Crippen LogP contribution in [-0.2, 0) is 19.5 Å². The molecule has 5 rings (SSSR count). The highest BCUT2D eigenvalue weighted by Crippen LogP contribution is 2.23. The van der Waals surface area contributed by atoms with Gasteiger partial charge in [-0.05, 0) is 24.4 Å². The van der Waals surface area contributed by atoms with Crippen molar-refractivity contribution in [2.24, 2.45) is 0 Å². The van der Waals surface area contributed by atoms with Gasteiger partial charge in [-0.3, -0.25) is 14.1 Å². The molecule has 0 bridgehead atoms. The zero-order chi connectivity index (χ0) is 18.4. The highest BCUT2D eigenvalue weighted by molar-refractivity contribution is 7.13. The Kier molecular flexibility index (Phi) is 3.87. The molecule has 0 amide bonds. The van der Waals surface area contributed by atoms with E-state index in [0.717, 1.165) is 47.0 Å². The smallest absolute Gasteiger partial charge is 0.255 e. The second-order valence-electron chi connectivity index (χ2n) is 6.71. The van der Waals surface area contributed by atoms with E-state index in [1.165, 1.54) is 0 Å². The highest BCUT2D eigenvalue weighted by Gasteiger charge is 2.23. The SMILES string of the molecule is Cc1nc2ncccn2c1CN1CCc2nc(-c3cccs3)[nH]c(=O)c2C1. The van der Waals surface area contributed by atoms with Crippen LogP contribution in [0.3, 0.4) is 0 Å². The van der Waals surface area contributed by atoms with E-state index in [1.807, 2.05) is 41.1 Å². The molecule has 7 nitrogen and oxygen atoms in total. The number of hydrogen-bond donors (Lipinski definition) is 1. The van der Waals surface area contributed by atoms with Crippen molar-refractivity contribution in [1.82, 2.24) is 29.2 Å². The van der Waals surface area contributed by atoms with Crippen molar-refractivity contribution >= 4 is 17.1 Å². The quantitative estimate of drug-likeness (QED) is 0.592. The Morgan fingerprint density at radius 1 is 1.30 bits per heavy atom. The molecule has 0 atom stereocenters. The van der Waals surface area contributed by atoms with Crippen LogP contribution in [-0.4, -0.2) is 35.8 Å². The fourth-order valence-corrected chi connectivity index (χ4v) is 4.26. The molecular formula is C19H18N6OS. The predicted molar refractivity (Wildman–Crippen MR) is 104 cm³/mol. The molecule has 4 aromatic rings. The van der Waals surface area contributed by atoms with Crippen LogP contribution in [0.1, 0.15) is 22.6 Å². The van der Waals surface area contributed by atoms with Crippen molar-refractivity contribution in [1.29, 1.82) is 0 Å². The molecule has 1 aliphatic heterocycles. The van der Waals surface area contributed by atoms with Crippen LogP contribution in [0.2, 0.25) is 0 Å². The lowest BCUT2D eigenvalue weighted by atomic mass is 10.1. The molecule has 27 heavy (non-hydrogen) atoms. The molecule has 4 aromatic heterocycles. The van der Waals surface area contributed by atoms with Gasteiger partial charge in [0, 0.05) is 38.4 Å². The molecule has 0 radical (unpaired) electrons. The van der Waals surface area contributed by atoms with E-state index in [9.17, 15) is 4.79 Å². The first kappa shape index (κ1) is 16.3. The zero-order valence-electron chi connectivity index (χ0n) is 14.8. The number of thiophene rings is 1. The van der Waals surface area contributed by atoms with Crippen LogP contribution >= 0.6 is 11.3 Å². The molecule has 0 saturated heterocycles. The standard InChI is InChI=1S/C19H18N6OS/c1-12-15(25-7-3-6-20-19(25)21-12)11-24-8-5-14-13(10-24)18(26)23-17(22-14)16-4-2-9-27-16/h2-4,6-7,9H,5,8,10-11H2,1H3,(H,22,23,26). The predicted octanol–water partition coefficient (Wildman–Crippen LogP) is 2.41. The topological polar surface area (TPSA) is 79.2 Å². The fraction of sp³-hybridized carbons (Fsp3) is 0.263. The molecule has 0 aliphatic carbocycles. The number of rotatable bonds is 3. The molecular weight excluding hydrogens is 360 g/mol. The van der Waals surface area contributed by atoms with Gasteiger partial charge < -0.3 is 4.98 Å². The number of nitrogens with zero attached hydrogens (tertiary/aromatic N) is 5. The van der Waals surface area contributed by atoms with Crippen LogP contribution in [0.15, 0.2) is 40.8 Å². The summed E-state index contributed by atoms with van der Waals surface area (Å²) in [4.78, 5) is 32.4. The van der Waals surface area contributed by atoms with E-state index in [-0.39, 0.29) is 5.56 Å². The van der Waals surface area contributed by atoms with E-state index in [0.29, 0.717) is 18.1 Å². The number of nitrogens with one attached hydrogen (secondary N) is 1. The average Bonchev–Trinajstić information content (AvgIpc) is 3.31. The van der Waals surface area contributed by atoms with Crippen molar-refractivity contribution in [3.05, 3.63) is 69.0 Å². The lowest BCUT2D eigenvalue weighted by Crippen LogP contribution is -2.35. The van der Waals surface area contributed by atoms with Gasteiger partial charge >= 0.3 is 0 Å². The number of fused-ring (bicyclic) bond motifs is 2. The van der Waals surface area contributed by atoms with Crippen LogP contribution in [0.25, 0.3) is 16.5 Å². The summed E-state index contributed by atoms with van der Waals surface area (Å²) in [6, 6.07) is 5.85. The number of aryl methyl sites for hydroxylation is 1. The number of aromatic nitrogens is 5. The van der Waals surface area contributed by atoms with E-state index < -0.39 is 0 Å². The first-order chi connectivity index (χ1) is 13.2.